The quantitative estimate of drug-likeness (QED) is 0.531. The molecule has 1 atom stereocenters. The second-order valence-corrected chi connectivity index (χ2v) is 4.56. The predicted molar refractivity (Wildman–Crippen MR) is 57.0 cm³/mol. The topological polar surface area (TPSA) is 98.7 Å². The van der Waals surface area contributed by atoms with Crippen LogP contribution in [0, 0.1) is 5.41 Å². The first-order valence-electron chi connectivity index (χ1n) is 5.35. The van der Waals surface area contributed by atoms with Gasteiger partial charge < -0.3 is 20.8 Å². The molecular formula is C10H18N2O4. The molecule has 1 rings (SSSR count). The Morgan fingerprint density at radius 2 is 2.06 bits per heavy atom. The summed E-state index contributed by atoms with van der Waals surface area (Å²) in [5, 5.41) is 22.1. The van der Waals surface area contributed by atoms with Crippen LogP contribution in [0.4, 0.5) is 4.79 Å². The smallest absolute Gasteiger partial charge is 0.328 e. The van der Waals surface area contributed by atoms with E-state index in [0.717, 1.165) is 12.8 Å². The first kappa shape index (κ1) is 12.8. The van der Waals surface area contributed by atoms with Crippen molar-refractivity contribution in [1.82, 2.24) is 10.6 Å². The molecule has 16 heavy (non-hydrogen) atoms. The van der Waals surface area contributed by atoms with Crippen LogP contribution in [0.25, 0.3) is 0 Å². The molecule has 4 N–H and O–H groups in total. The molecule has 1 fully saturated rings. The fourth-order valence-corrected chi connectivity index (χ4v) is 1.65. The fourth-order valence-electron chi connectivity index (χ4n) is 1.65. The Hall–Kier alpha value is -1.30. The van der Waals surface area contributed by atoms with Gasteiger partial charge in [-0.05, 0) is 18.3 Å². The highest BCUT2D eigenvalue weighted by Gasteiger charge is 2.32. The molecule has 0 radical (unpaired) electrons. The van der Waals surface area contributed by atoms with E-state index in [2.05, 4.69) is 17.6 Å². The standard InChI is InChI=1S/C10H18N2O4/c1-10(3-2-4-10)6-11-9(16)12-7(5-13)8(14)15/h7,13H,2-6H2,1H3,(H,14,15)(H2,11,12,16)/t7-/m1/s1. The molecule has 6 nitrogen and oxygen atoms in total. The summed E-state index contributed by atoms with van der Waals surface area (Å²) in [7, 11) is 0. The van der Waals surface area contributed by atoms with E-state index in [9.17, 15) is 9.59 Å². The van der Waals surface area contributed by atoms with Gasteiger partial charge in [-0.25, -0.2) is 9.59 Å². The number of aliphatic hydroxyl groups excluding tert-OH is 1. The predicted octanol–water partition coefficient (Wildman–Crippen LogP) is -0.0787. The zero-order valence-electron chi connectivity index (χ0n) is 9.32. The van der Waals surface area contributed by atoms with Crippen LogP contribution in [0.15, 0.2) is 0 Å². The van der Waals surface area contributed by atoms with Crippen molar-refractivity contribution in [3.05, 3.63) is 0 Å². The lowest BCUT2D eigenvalue weighted by molar-refractivity contribution is -0.140. The van der Waals surface area contributed by atoms with E-state index >= 15 is 0 Å². The average molecular weight is 230 g/mol. The van der Waals surface area contributed by atoms with Gasteiger partial charge in [0.15, 0.2) is 6.04 Å². The lowest BCUT2D eigenvalue weighted by Gasteiger charge is -2.38. The molecule has 0 saturated heterocycles. The van der Waals surface area contributed by atoms with E-state index in [1.54, 1.807) is 0 Å². The third-order valence-electron chi connectivity index (χ3n) is 3.02. The van der Waals surface area contributed by atoms with E-state index in [1.807, 2.05) is 0 Å². The molecule has 0 unspecified atom stereocenters. The molecule has 92 valence electrons. The molecule has 0 aromatic rings. The number of carboxylic acid groups (broad SMARTS) is 1. The zero-order chi connectivity index (χ0) is 12.2. The van der Waals surface area contributed by atoms with Gasteiger partial charge >= 0.3 is 12.0 Å². The van der Waals surface area contributed by atoms with Gasteiger partial charge in [0.1, 0.15) is 0 Å². The molecule has 1 saturated carbocycles. The maximum atomic E-state index is 11.3. The number of aliphatic carboxylic acids is 1. The van der Waals surface area contributed by atoms with Crippen molar-refractivity contribution in [2.24, 2.45) is 5.41 Å². The van der Waals surface area contributed by atoms with Crippen molar-refractivity contribution in [2.75, 3.05) is 13.2 Å². The number of urea groups is 1. The normalized spacial score (nSPS) is 19.4. The van der Waals surface area contributed by atoms with Crippen LogP contribution in [-0.2, 0) is 4.79 Å². The first-order chi connectivity index (χ1) is 7.47. The summed E-state index contributed by atoms with van der Waals surface area (Å²) in [6.45, 7) is 2.01. The highest BCUT2D eigenvalue weighted by Crippen LogP contribution is 2.39. The lowest BCUT2D eigenvalue weighted by Crippen LogP contribution is -2.50. The number of hydrogen-bond acceptors (Lipinski definition) is 3. The lowest BCUT2D eigenvalue weighted by atomic mass is 9.70. The molecule has 0 aromatic heterocycles. The van der Waals surface area contributed by atoms with Crippen LogP contribution in [0.2, 0.25) is 0 Å². The Morgan fingerprint density at radius 1 is 1.44 bits per heavy atom. The Kier molecular flexibility index (Phi) is 4.12. The van der Waals surface area contributed by atoms with Gasteiger partial charge in [0, 0.05) is 6.54 Å². The van der Waals surface area contributed by atoms with Gasteiger partial charge in [0.25, 0.3) is 0 Å². The van der Waals surface area contributed by atoms with E-state index < -0.39 is 24.6 Å². The van der Waals surface area contributed by atoms with Crippen LogP contribution in [0.3, 0.4) is 0 Å². The van der Waals surface area contributed by atoms with Gasteiger partial charge in [0.05, 0.1) is 6.61 Å². The van der Waals surface area contributed by atoms with Gasteiger partial charge in [-0.1, -0.05) is 13.3 Å². The van der Waals surface area contributed by atoms with E-state index in [1.165, 1.54) is 6.42 Å². The summed E-state index contributed by atoms with van der Waals surface area (Å²) in [4.78, 5) is 21.8. The average Bonchev–Trinajstić information content (AvgIpc) is 2.19. The van der Waals surface area contributed by atoms with Crippen LogP contribution in [0.5, 0.6) is 0 Å². The van der Waals surface area contributed by atoms with E-state index in [0.29, 0.717) is 6.54 Å². The molecule has 6 heteroatoms. The van der Waals surface area contributed by atoms with Gasteiger partial charge in [0.2, 0.25) is 0 Å². The third kappa shape index (κ3) is 3.37. The SMILES string of the molecule is CC1(CNC(=O)N[C@H](CO)C(=O)O)CCC1. The van der Waals surface area contributed by atoms with Crippen molar-refractivity contribution < 1.29 is 19.8 Å². The molecular weight excluding hydrogens is 212 g/mol. The number of carbonyl (C=O) groups excluding carboxylic acids is 1. The minimum atomic E-state index is -1.24. The molecule has 2 amide bonds. The molecule has 0 spiro atoms. The molecule has 1 aliphatic carbocycles. The van der Waals surface area contributed by atoms with Crippen molar-refractivity contribution in [1.29, 1.82) is 0 Å². The molecule has 0 heterocycles. The van der Waals surface area contributed by atoms with Crippen molar-refractivity contribution in [3.8, 4) is 0 Å². The van der Waals surface area contributed by atoms with Gasteiger partial charge in [-0.2, -0.15) is 0 Å². The highest BCUT2D eigenvalue weighted by atomic mass is 16.4. The first-order valence-corrected chi connectivity index (χ1v) is 5.35. The number of aliphatic hydroxyl groups is 1. The summed E-state index contributed by atoms with van der Waals surface area (Å²) in [5.41, 5.74) is 0.148. The maximum absolute atomic E-state index is 11.3. The van der Waals surface area contributed by atoms with Gasteiger partial charge in [-0.3, -0.25) is 0 Å². The third-order valence-corrected chi connectivity index (χ3v) is 3.02. The summed E-state index contributed by atoms with van der Waals surface area (Å²) in [5.74, 6) is -1.24. The highest BCUT2D eigenvalue weighted by molar-refractivity contribution is 5.82. The van der Waals surface area contributed by atoms with E-state index in [-0.39, 0.29) is 5.41 Å². The fraction of sp³-hybridized carbons (Fsp3) is 0.800. The molecule has 1 aliphatic rings. The Labute approximate surface area is 94.0 Å². The maximum Gasteiger partial charge on any atom is 0.328 e. The Balaban J connectivity index is 2.27. The largest absolute Gasteiger partial charge is 0.480 e. The Bertz CT molecular complexity index is 276. The summed E-state index contributed by atoms with van der Waals surface area (Å²) >= 11 is 0. The number of hydrogen-bond donors (Lipinski definition) is 4. The number of nitrogens with one attached hydrogen (secondary N) is 2. The Morgan fingerprint density at radius 3 is 2.44 bits per heavy atom. The van der Waals surface area contributed by atoms with Crippen molar-refractivity contribution >= 4 is 12.0 Å². The summed E-state index contributed by atoms with van der Waals surface area (Å²) in [6, 6.07) is -1.79. The van der Waals surface area contributed by atoms with Crippen LogP contribution in [0.1, 0.15) is 26.2 Å². The van der Waals surface area contributed by atoms with Crippen molar-refractivity contribution in [2.45, 2.75) is 32.2 Å². The molecule has 0 aliphatic heterocycles. The van der Waals surface area contributed by atoms with Crippen molar-refractivity contribution in [3.63, 3.8) is 0 Å². The number of rotatable bonds is 5. The molecule has 0 aromatic carbocycles. The monoisotopic (exact) mass is 230 g/mol. The zero-order valence-corrected chi connectivity index (χ0v) is 9.32. The number of carboxylic acids is 1. The minimum Gasteiger partial charge on any atom is -0.480 e. The summed E-state index contributed by atoms with van der Waals surface area (Å²) < 4.78 is 0. The second-order valence-electron chi connectivity index (χ2n) is 4.56. The summed E-state index contributed by atoms with van der Waals surface area (Å²) in [6.07, 6.45) is 3.33. The number of amides is 2. The number of carbonyl (C=O) groups is 2. The van der Waals surface area contributed by atoms with Crippen LogP contribution in [-0.4, -0.2) is 41.4 Å². The van der Waals surface area contributed by atoms with Gasteiger partial charge in [-0.15, -0.1) is 0 Å². The van der Waals surface area contributed by atoms with Crippen LogP contribution < -0.4 is 10.6 Å². The van der Waals surface area contributed by atoms with Crippen LogP contribution >= 0.6 is 0 Å². The second kappa shape index (κ2) is 5.16. The van der Waals surface area contributed by atoms with E-state index in [4.69, 9.17) is 10.2 Å². The minimum absolute atomic E-state index is 0.148. The molecule has 0 bridgehead atoms.